The van der Waals surface area contributed by atoms with E-state index in [2.05, 4.69) is 10.6 Å². The second kappa shape index (κ2) is 10.0. The van der Waals surface area contributed by atoms with Crippen LogP contribution in [0.5, 0.6) is 11.5 Å². The molecule has 6 heteroatoms. The van der Waals surface area contributed by atoms with Crippen molar-refractivity contribution in [2.75, 3.05) is 40.5 Å². The predicted molar refractivity (Wildman–Crippen MR) is 80.8 cm³/mol. The first kappa shape index (κ1) is 17.3. The molecule has 1 rings (SSSR count). The maximum atomic E-state index is 11.7. The smallest absolute Gasteiger partial charge is 0.236 e. The number of benzene rings is 1. The minimum atomic E-state index is -0.263. The first-order chi connectivity index (χ1) is 10.2. The van der Waals surface area contributed by atoms with Crippen LogP contribution in [0.3, 0.4) is 0 Å². The van der Waals surface area contributed by atoms with Gasteiger partial charge >= 0.3 is 0 Å². The quantitative estimate of drug-likeness (QED) is 0.626. The van der Waals surface area contributed by atoms with E-state index in [1.165, 1.54) is 0 Å². The molecule has 0 aliphatic heterocycles. The lowest BCUT2D eigenvalue weighted by atomic mass is 10.3. The number of amides is 1. The summed E-state index contributed by atoms with van der Waals surface area (Å²) in [5.41, 5.74) is 0. The van der Waals surface area contributed by atoms with Gasteiger partial charge in [0.2, 0.25) is 5.91 Å². The molecular weight excluding hydrogens is 272 g/mol. The van der Waals surface area contributed by atoms with Gasteiger partial charge in [-0.05, 0) is 31.2 Å². The molecule has 0 radical (unpaired) electrons. The first-order valence-electron chi connectivity index (χ1n) is 6.94. The maximum absolute atomic E-state index is 11.7. The van der Waals surface area contributed by atoms with Crippen LogP contribution in [0.2, 0.25) is 0 Å². The highest BCUT2D eigenvalue weighted by molar-refractivity contribution is 5.81. The highest BCUT2D eigenvalue weighted by Crippen LogP contribution is 2.16. The molecule has 1 aromatic carbocycles. The van der Waals surface area contributed by atoms with Gasteiger partial charge in [0.15, 0.2) is 0 Å². The molecule has 1 atom stereocenters. The summed E-state index contributed by atoms with van der Waals surface area (Å²) < 4.78 is 15.5. The highest BCUT2D eigenvalue weighted by Gasteiger charge is 2.10. The number of ether oxygens (including phenoxy) is 3. The van der Waals surface area contributed by atoms with Crippen LogP contribution in [0.4, 0.5) is 0 Å². The fourth-order valence-electron chi connectivity index (χ4n) is 1.64. The van der Waals surface area contributed by atoms with E-state index in [0.29, 0.717) is 26.3 Å². The minimum absolute atomic E-state index is 0.0449. The lowest BCUT2D eigenvalue weighted by Crippen LogP contribution is -2.44. The van der Waals surface area contributed by atoms with Crippen molar-refractivity contribution in [2.45, 2.75) is 13.0 Å². The number of rotatable bonds is 10. The monoisotopic (exact) mass is 296 g/mol. The van der Waals surface area contributed by atoms with Gasteiger partial charge in [-0.3, -0.25) is 4.79 Å². The highest BCUT2D eigenvalue weighted by atomic mass is 16.5. The van der Waals surface area contributed by atoms with E-state index in [1.807, 2.05) is 31.2 Å². The van der Waals surface area contributed by atoms with Crippen LogP contribution in [0.1, 0.15) is 6.92 Å². The van der Waals surface area contributed by atoms with Gasteiger partial charge < -0.3 is 24.8 Å². The van der Waals surface area contributed by atoms with Crippen molar-refractivity contribution in [1.82, 2.24) is 10.6 Å². The summed E-state index contributed by atoms with van der Waals surface area (Å²) in [6.45, 7) is 3.92. The van der Waals surface area contributed by atoms with Gasteiger partial charge in [0, 0.05) is 20.2 Å². The zero-order valence-electron chi connectivity index (χ0n) is 12.8. The largest absolute Gasteiger partial charge is 0.497 e. The van der Waals surface area contributed by atoms with E-state index in [4.69, 9.17) is 14.2 Å². The Morgan fingerprint density at radius 2 is 1.76 bits per heavy atom. The molecule has 0 spiro atoms. The third-order valence-corrected chi connectivity index (χ3v) is 2.88. The SMILES string of the molecule is COCCNC(=O)C(C)NCCOc1ccc(OC)cc1. The summed E-state index contributed by atoms with van der Waals surface area (Å²) in [4.78, 5) is 11.7. The zero-order valence-corrected chi connectivity index (χ0v) is 12.8. The summed E-state index contributed by atoms with van der Waals surface area (Å²) >= 11 is 0. The standard InChI is InChI=1S/C15H24N2O4/c1-12(15(18)17-8-10-19-2)16-9-11-21-14-6-4-13(20-3)5-7-14/h4-7,12,16H,8-11H2,1-3H3,(H,17,18). The first-order valence-corrected chi connectivity index (χ1v) is 6.94. The minimum Gasteiger partial charge on any atom is -0.497 e. The zero-order chi connectivity index (χ0) is 15.5. The summed E-state index contributed by atoms with van der Waals surface area (Å²) in [6, 6.07) is 7.12. The Labute approximate surface area is 125 Å². The molecule has 118 valence electrons. The Morgan fingerprint density at radius 1 is 1.10 bits per heavy atom. The van der Waals surface area contributed by atoms with Crippen molar-refractivity contribution in [3.05, 3.63) is 24.3 Å². The third kappa shape index (κ3) is 6.97. The van der Waals surface area contributed by atoms with Gasteiger partial charge in [-0.2, -0.15) is 0 Å². The molecule has 0 aliphatic rings. The van der Waals surface area contributed by atoms with Gasteiger partial charge in [-0.15, -0.1) is 0 Å². The van der Waals surface area contributed by atoms with Gasteiger partial charge in [-0.25, -0.2) is 0 Å². The van der Waals surface area contributed by atoms with E-state index in [9.17, 15) is 4.79 Å². The Morgan fingerprint density at radius 3 is 2.38 bits per heavy atom. The molecule has 6 nitrogen and oxygen atoms in total. The lowest BCUT2D eigenvalue weighted by Gasteiger charge is -2.14. The van der Waals surface area contributed by atoms with Crippen molar-refractivity contribution in [3.8, 4) is 11.5 Å². The molecule has 21 heavy (non-hydrogen) atoms. The Bertz CT molecular complexity index is 409. The Hall–Kier alpha value is -1.79. The van der Waals surface area contributed by atoms with Crippen molar-refractivity contribution in [1.29, 1.82) is 0 Å². The molecule has 0 bridgehead atoms. The van der Waals surface area contributed by atoms with E-state index in [0.717, 1.165) is 11.5 Å². The van der Waals surface area contributed by atoms with E-state index in [-0.39, 0.29) is 11.9 Å². The number of nitrogens with one attached hydrogen (secondary N) is 2. The number of carbonyl (C=O) groups excluding carboxylic acids is 1. The molecule has 1 unspecified atom stereocenters. The topological polar surface area (TPSA) is 68.8 Å². The van der Waals surface area contributed by atoms with Gasteiger partial charge in [0.25, 0.3) is 0 Å². The third-order valence-electron chi connectivity index (χ3n) is 2.88. The predicted octanol–water partition coefficient (Wildman–Crippen LogP) is 0.815. The molecular formula is C15H24N2O4. The molecule has 0 saturated carbocycles. The van der Waals surface area contributed by atoms with Crippen LogP contribution in [-0.2, 0) is 9.53 Å². The van der Waals surface area contributed by atoms with Gasteiger partial charge in [0.05, 0.1) is 19.8 Å². The molecule has 1 aromatic rings. The summed E-state index contributed by atoms with van der Waals surface area (Å²) in [7, 11) is 3.23. The number of carbonyl (C=O) groups is 1. The lowest BCUT2D eigenvalue weighted by molar-refractivity contribution is -0.122. The summed E-state index contributed by atoms with van der Waals surface area (Å²) in [6.07, 6.45) is 0. The number of hydrogen-bond acceptors (Lipinski definition) is 5. The average Bonchev–Trinajstić information content (AvgIpc) is 2.52. The van der Waals surface area contributed by atoms with Crippen LogP contribution in [0, 0.1) is 0 Å². The van der Waals surface area contributed by atoms with Gasteiger partial charge in [-0.1, -0.05) is 0 Å². The van der Waals surface area contributed by atoms with Gasteiger partial charge in [0.1, 0.15) is 18.1 Å². The van der Waals surface area contributed by atoms with E-state index in [1.54, 1.807) is 14.2 Å². The molecule has 0 fully saturated rings. The summed E-state index contributed by atoms with van der Waals surface area (Å²) in [5.74, 6) is 1.52. The van der Waals surface area contributed by atoms with E-state index < -0.39 is 0 Å². The normalized spacial score (nSPS) is 11.8. The van der Waals surface area contributed by atoms with Crippen LogP contribution in [-0.4, -0.2) is 52.5 Å². The Kier molecular flexibility index (Phi) is 8.23. The van der Waals surface area contributed by atoms with Crippen LogP contribution in [0.15, 0.2) is 24.3 Å². The number of hydrogen-bond donors (Lipinski definition) is 2. The number of methoxy groups -OCH3 is 2. The van der Waals surface area contributed by atoms with E-state index >= 15 is 0 Å². The van der Waals surface area contributed by atoms with Crippen LogP contribution >= 0.6 is 0 Å². The molecule has 0 aromatic heterocycles. The Balaban J connectivity index is 2.16. The molecule has 0 aliphatic carbocycles. The maximum Gasteiger partial charge on any atom is 0.236 e. The second-order valence-corrected chi connectivity index (χ2v) is 4.48. The second-order valence-electron chi connectivity index (χ2n) is 4.48. The molecule has 1 amide bonds. The fourth-order valence-corrected chi connectivity index (χ4v) is 1.64. The van der Waals surface area contributed by atoms with Crippen LogP contribution in [0.25, 0.3) is 0 Å². The average molecular weight is 296 g/mol. The van der Waals surface area contributed by atoms with Crippen LogP contribution < -0.4 is 20.1 Å². The molecule has 0 saturated heterocycles. The molecule has 2 N–H and O–H groups in total. The van der Waals surface area contributed by atoms with Crippen molar-refractivity contribution in [2.24, 2.45) is 0 Å². The van der Waals surface area contributed by atoms with Crippen molar-refractivity contribution >= 4 is 5.91 Å². The van der Waals surface area contributed by atoms with Crippen molar-refractivity contribution < 1.29 is 19.0 Å². The fraction of sp³-hybridized carbons (Fsp3) is 0.533. The summed E-state index contributed by atoms with van der Waals surface area (Å²) in [5, 5.41) is 5.87. The van der Waals surface area contributed by atoms with Crippen molar-refractivity contribution in [3.63, 3.8) is 0 Å². The molecule has 0 heterocycles.